The lowest BCUT2D eigenvalue weighted by atomic mass is 10.0. The van der Waals surface area contributed by atoms with Crippen molar-refractivity contribution in [1.29, 1.82) is 0 Å². The highest BCUT2D eigenvalue weighted by molar-refractivity contribution is 9.10. The zero-order valence-electron chi connectivity index (χ0n) is 23.6. The maximum Gasteiger partial charge on any atom is 0.303 e. The molecule has 1 unspecified atom stereocenters. The molecule has 3 amide bonds. The van der Waals surface area contributed by atoms with Gasteiger partial charge < -0.3 is 41.7 Å². The molecule has 9 N–H and O–H groups in total. The number of carboxylic acids is 2. The molecule has 1 aromatic heterocycles. The van der Waals surface area contributed by atoms with Crippen LogP contribution in [0.5, 0.6) is 0 Å². The summed E-state index contributed by atoms with van der Waals surface area (Å²) in [6.45, 7) is 0. The van der Waals surface area contributed by atoms with E-state index in [4.69, 9.17) is 21.1 Å². The third kappa shape index (κ3) is 10.3. The fourth-order valence-corrected chi connectivity index (χ4v) is 6.14. The lowest BCUT2D eigenvalue weighted by molar-refractivity contribution is -0.139. The number of primary amides is 1. The summed E-state index contributed by atoms with van der Waals surface area (Å²) in [5.41, 5.74) is 12.4. The van der Waals surface area contributed by atoms with E-state index in [0.717, 1.165) is 0 Å². The lowest BCUT2D eigenvalue weighted by Crippen LogP contribution is -2.54. The number of amides is 3. The summed E-state index contributed by atoms with van der Waals surface area (Å²) in [6, 6.07) is 10.8. The Bertz CT molecular complexity index is 1600. The van der Waals surface area contributed by atoms with Crippen LogP contribution in [0.4, 0.5) is 5.69 Å². The molecule has 2 aromatic carbocycles. The summed E-state index contributed by atoms with van der Waals surface area (Å²) in [5.74, 6) is -7.21. The molecule has 0 aliphatic heterocycles. The number of benzene rings is 2. The Morgan fingerprint density at radius 3 is 2.00 bits per heavy atom. The van der Waals surface area contributed by atoms with Crippen LogP contribution in [0.15, 0.2) is 63.6 Å². The van der Waals surface area contributed by atoms with Crippen LogP contribution in [-0.4, -0.2) is 68.2 Å². The largest absolute Gasteiger partial charge is 0.481 e. The van der Waals surface area contributed by atoms with Crippen molar-refractivity contribution < 1.29 is 48.2 Å². The number of nitrogens with zero attached hydrogens (tertiary/aromatic N) is 1. The summed E-state index contributed by atoms with van der Waals surface area (Å²) in [7, 11) is -4.26. The topological polar surface area (TPSA) is 265 Å². The molecule has 0 aliphatic rings. The average Bonchev–Trinajstić information content (AvgIpc) is 3.46. The Balaban J connectivity index is 1.95. The molecule has 1 heterocycles. The maximum atomic E-state index is 13.7. The fraction of sp³-hybridized carbons (Fsp3) is 0.286. The number of hydrogen-bond donors (Lipinski definition) is 7. The number of hydrogen-bond acceptors (Lipinski definition) is 9. The first kappa shape index (κ1) is 35.0. The van der Waals surface area contributed by atoms with Crippen LogP contribution in [0, 0.1) is 0 Å². The van der Waals surface area contributed by atoms with E-state index in [2.05, 4.69) is 31.7 Å². The molecule has 0 spiro atoms. The van der Waals surface area contributed by atoms with E-state index in [1.54, 1.807) is 36.4 Å². The second kappa shape index (κ2) is 15.5. The predicted molar refractivity (Wildman–Crippen MR) is 164 cm³/mol. The van der Waals surface area contributed by atoms with E-state index in [0.29, 0.717) is 15.7 Å². The van der Waals surface area contributed by atoms with Crippen LogP contribution in [0.25, 0.3) is 11.3 Å². The number of nitrogens with one attached hydrogen (secondary N) is 2. The van der Waals surface area contributed by atoms with Gasteiger partial charge in [-0.3, -0.25) is 28.5 Å². The van der Waals surface area contributed by atoms with Crippen molar-refractivity contribution in [2.75, 3.05) is 11.9 Å². The van der Waals surface area contributed by atoms with Gasteiger partial charge in [-0.15, -0.1) is 0 Å². The van der Waals surface area contributed by atoms with Crippen LogP contribution in [-0.2, 0) is 28.5 Å². The van der Waals surface area contributed by atoms with Crippen molar-refractivity contribution in [1.82, 2.24) is 15.8 Å². The number of carbonyl (C=O) groups excluding carboxylic acids is 3. The number of nitrogens with two attached hydrogens (primary N) is 2. The normalized spacial score (nSPS) is 14.4. The van der Waals surface area contributed by atoms with Gasteiger partial charge in [-0.25, -0.2) is 0 Å². The van der Waals surface area contributed by atoms with Gasteiger partial charge >= 0.3 is 11.9 Å². The van der Waals surface area contributed by atoms with Gasteiger partial charge in [0.15, 0.2) is 0 Å². The molecular formula is C28H31BrN5O10P. The highest BCUT2D eigenvalue weighted by atomic mass is 79.9. The second-order valence-corrected chi connectivity index (χ2v) is 13.2. The third-order valence-electron chi connectivity index (χ3n) is 6.64. The molecule has 0 saturated carbocycles. The molecule has 0 fully saturated rings. The summed E-state index contributed by atoms with van der Waals surface area (Å²) in [5, 5.41) is 26.8. The van der Waals surface area contributed by atoms with Gasteiger partial charge in [0.25, 0.3) is 0 Å². The smallest absolute Gasteiger partial charge is 0.303 e. The fourth-order valence-electron chi connectivity index (χ4n) is 4.21. The average molecular weight is 708 g/mol. The van der Waals surface area contributed by atoms with Gasteiger partial charge in [0.2, 0.25) is 25.1 Å². The van der Waals surface area contributed by atoms with Crippen molar-refractivity contribution in [3.8, 4) is 11.3 Å². The third-order valence-corrected chi connectivity index (χ3v) is 9.14. The van der Waals surface area contributed by atoms with Crippen LogP contribution < -0.4 is 27.4 Å². The lowest BCUT2D eigenvalue weighted by Gasteiger charge is -2.24. The van der Waals surface area contributed by atoms with Gasteiger partial charge in [-0.1, -0.05) is 33.2 Å². The van der Waals surface area contributed by atoms with Crippen molar-refractivity contribution in [3.05, 3.63) is 64.8 Å². The zero-order valence-corrected chi connectivity index (χ0v) is 26.1. The molecule has 240 valence electrons. The maximum absolute atomic E-state index is 13.7. The van der Waals surface area contributed by atoms with Gasteiger partial charge in [-0.05, 0) is 49.2 Å². The van der Waals surface area contributed by atoms with Crippen molar-refractivity contribution in [2.45, 2.75) is 43.7 Å². The molecule has 15 nitrogen and oxygen atoms in total. The zero-order chi connectivity index (χ0) is 33.3. The van der Waals surface area contributed by atoms with E-state index in [1.807, 2.05) is 0 Å². The number of anilines is 1. The molecule has 0 saturated heterocycles. The summed E-state index contributed by atoms with van der Waals surface area (Å²) in [6.07, 6.45) is -2.58. The minimum Gasteiger partial charge on any atom is -0.481 e. The number of carbonyl (C=O) groups is 5. The highest BCUT2D eigenvalue weighted by Crippen LogP contribution is 2.44. The van der Waals surface area contributed by atoms with Crippen LogP contribution in [0.3, 0.4) is 0 Å². The molecule has 0 aliphatic carbocycles. The first-order valence-electron chi connectivity index (χ1n) is 13.4. The summed E-state index contributed by atoms with van der Waals surface area (Å²) < 4.78 is 19.6. The van der Waals surface area contributed by atoms with Crippen molar-refractivity contribution >= 4 is 64.0 Å². The molecule has 45 heavy (non-hydrogen) atoms. The monoisotopic (exact) mass is 707 g/mol. The summed E-state index contributed by atoms with van der Waals surface area (Å²) in [4.78, 5) is 72.0. The van der Waals surface area contributed by atoms with Crippen molar-refractivity contribution in [3.63, 3.8) is 0 Å². The Labute approximate surface area is 264 Å². The number of aromatic nitrogens is 1. The summed E-state index contributed by atoms with van der Waals surface area (Å²) >= 11 is 3.26. The minimum absolute atomic E-state index is 0.0321. The number of rotatable bonds is 16. The van der Waals surface area contributed by atoms with Crippen molar-refractivity contribution in [2.24, 2.45) is 5.73 Å². The molecule has 17 heteroatoms. The first-order chi connectivity index (χ1) is 21.2. The van der Waals surface area contributed by atoms with Gasteiger partial charge in [0.1, 0.15) is 29.5 Å². The second-order valence-electron chi connectivity index (χ2n) is 10.0. The number of halogens is 1. The van der Waals surface area contributed by atoms with Gasteiger partial charge in [-0.2, -0.15) is 0 Å². The minimum atomic E-state index is -4.26. The van der Waals surface area contributed by atoms with E-state index < -0.39 is 80.5 Å². The molecular weight excluding hydrogens is 677 g/mol. The standard InChI is InChI=1S/C28H31BrN5O10P/c29-16-3-7-18(8-4-16)45(42,43)14-19(23-13-22(34-44-23)15-1-5-17(30)6-2-15)27(40)33-21(10-12-25(37)38)28(41)32-20(26(31)39)9-11-24(35)36/h1-8,13,19-21H,9-12,14,30H2,(H2,31,39)(H,32,41)(H,33,40)(H,35,36)(H,37,38)(H,42,43)/t19-,20+,21+/m1/s1. The number of nitrogen functional groups attached to an aromatic ring is 1. The van der Waals surface area contributed by atoms with E-state index in [1.165, 1.54) is 18.2 Å². The molecule has 3 rings (SSSR count). The predicted octanol–water partition coefficient (Wildman–Crippen LogP) is 1.55. The van der Waals surface area contributed by atoms with Crippen LogP contribution in [0.1, 0.15) is 37.4 Å². The Morgan fingerprint density at radius 2 is 1.44 bits per heavy atom. The van der Waals surface area contributed by atoms with E-state index in [-0.39, 0.29) is 23.2 Å². The Hall–Kier alpha value is -4.53. The van der Waals surface area contributed by atoms with E-state index >= 15 is 0 Å². The van der Waals surface area contributed by atoms with Crippen LogP contribution in [0.2, 0.25) is 0 Å². The first-order valence-corrected chi connectivity index (χ1v) is 16.0. The van der Waals surface area contributed by atoms with Gasteiger partial charge in [0, 0.05) is 46.1 Å². The van der Waals surface area contributed by atoms with E-state index in [9.17, 15) is 38.5 Å². The number of aliphatic carboxylic acids is 2. The molecule has 0 bridgehead atoms. The van der Waals surface area contributed by atoms with Crippen LogP contribution >= 0.6 is 23.3 Å². The number of carboxylic acid groups (broad SMARTS) is 2. The Kier molecular flexibility index (Phi) is 12.0. The molecule has 3 aromatic rings. The van der Waals surface area contributed by atoms with Gasteiger partial charge in [0.05, 0.1) is 0 Å². The quantitative estimate of drug-likeness (QED) is 0.0826. The highest BCUT2D eigenvalue weighted by Gasteiger charge is 2.37. The molecule has 0 radical (unpaired) electrons. The molecule has 4 atom stereocenters. The Morgan fingerprint density at radius 1 is 0.889 bits per heavy atom. The SMILES string of the molecule is NC(=O)[C@H](CCC(=O)O)NC(=O)[C@H](CCC(=O)O)NC(=O)[C@H](CP(=O)(O)c1ccc(Br)cc1)c1cc(-c2ccc(N)cc2)no1.